The number of benzene rings is 2. The van der Waals surface area contributed by atoms with E-state index >= 15 is 0 Å². The van der Waals surface area contributed by atoms with Gasteiger partial charge in [0, 0.05) is 5.56 Å². The summed E-state index contributed by atoms with van der Waals surface area (Å²) >= 11 is 0. The number of amides is 2. The Morgan fingerprint density at radius 2 is 1.88 bits per heavy atom. The third kappa shape index (κ3) is 3.24. The van der Waals surface area contributed by atoms with Crippen LogP contribution in [0, 0.1) is 11.6 Å². The zero-order chi connectivity index (χ0) is 17.1. The first kappa shape index (κ1) is 16.0. The summed E-state index contributed by atoms with van der Waals surface area (Å²) in [6.45, 7) is 2.40. The van der Waals surface area contributed by atoms with Crippen LogP contribution in [0.15, 0.2) is 36.4 Å². The summed E-state index contributed by atoms with van der Waals surface area (Å²) in [6.07, 6.45) is 0. The molecule has 0 aromatic heterocycles. The molecule has 2 N–H and O–H groups in total. The summed E-state index contributed by atoms with van der Waals surface area (Å²) in [5.41, 5.74) is 0.511. The molecule has 0 saturated heterocycles. The highest BCUT2D eigenvalue weighted by Crippen LogP contribution is 2.37. The predicted molar refractivity (Wildman–Crippen MR) is 84.4 cm³/mol. The van der Waals surface area contributed by atoms with Crippen LogP contribution in [0.1, 0.15) is 18.5 Å². The van der Waals surface area contributed by atoms with Crippen molar-refractivity contribution < 1.29 is 23.0 Å². The topological polar surface area (TPSA) is 59.6 Å². The molecule has 0 spiro atoms. The van der Waals surface area contributed by atoms with E-state index < -0.39 is 23.7 Å². The minimum absolute atomic E-state index is 0.0693. The first-order valence-corrected chi connectivity index (χ1v) is 7.46. The van der Waals surface area contributed by atoms with Crippen LogP contribution in [-0.2, 0) is 0 Å². The Hall–Kier alpha value is -2.83. The van der Waals surface area contributed by atoms with Crippen LogP contribution >= 0.6 is 0 Å². The van der Waals surface area contributed by atoms with Gasteiger partial charge in [0.25, 0.3) is 0 Å². The second kappa shape index (κ2) is 6.74. The van der Waals surface area contributed by atoms with E-state index in [0.29, 0.717) is 30.4 Å². The smallest absolute Gasteiger partial charge is 0.319 e. The van der Waals surface area contributed by atoms with Crippen molar-refractivity contribution in [3.8, 4) is 11.5 Å². The van der Waals surface area contributed by atoms with Crippen molar-refractivity contribution in [1.82, 2.24) is 5.32 Å². The van der Waals surface area contributed by atoms with Gasteiger partial charge in [-0.2, -0.15) is 0 Å². The second-order valence-corrected chi connectivity index (χ2v) is 5.29. The number of fused-ring (bicyclic) bond motifs is 1. The molecule has 0 radical (unpaired) electrons. The lowest BCUT2D eigenvalue weighted by Gasteiger charge is -2.22. The third-order valence-corrected chi connectivity index (χ3v) is 3.61. The second-order valence-electron chi connectivity index (χ2n) is 5.29. The number of hydrogen-bond donors (Lipinski definition) is 2. The molecule has 2 aromatic rings. The summed E-state index contributed by atoms with van der Waals surface area (Å²) in [4.78, 5) is 12.1. The maximum atomic E-state index is 13.8. The van der Waals surface area contributed by atoms with E-state index in [4.69, 9.17) is 9.47 Å². The number of ether oxygens (including phenoxy) is 2. The van der Waals surface area contributed by atoms with E-state index in [1.54, 1.807) is 25.1 Å². The van der Waals surface area contributed by atoms with E-state index in [0.717, 1.165) is 6.07 Å². The molecule has 0 fully saturated rings. The van der Waals surface area contributed by atoms with Crippen molar-refractivity contribution in [2.45, 2.75) is 13.0 Å². The van der Waals surface area contributed by atoms with E-state index in [9.17, 15) is 13.6 Å². The molecular formula is C17H16F2N2O3. The number of para-hydroxylation sites is 1. The highest BCUT2D eigenvalue weighted by atomic mass is 19.2. The van der Waals surface area contributed by atoms with Crippen LogP contribution in [0.4, 0.5) is 19.3 Å². The standard InChI is InChI=1S/C17H16F2N2O3/c1-10(11-4-2-5-12(18)15(11)19)20-17(22)21-13-6-3-7-14-16(13)24-9-8-23-14/h2-7,10H,8-9H2,1H3,(H2,20,21,22). The molecular weight excluding hydrogens is 318 g/mol. The number of nitrogens with one attached hydrogen (secondary N) is 2. The number of anilines is 1. The molecule has 0 aliphatic carbocycles. The molecule has 0 bridgehead atoms. The van der Waals surface area contributed by atoms with E-state index in [1.165, 1.54) is 12.1 Å². The van der Waals surface area contributed by atoms with Gasteiger partial charge in [-0.25, -0.2) is 13.6 Å². The Bertz CT molecular complexity index is 767. The van der Waals surface area contributed by atoms with Crippen LogP contribution in [0.5, 0.6) is 11.5 Å². The van der Waals surface area contributed by atoms with E-state index in [-0.39, 0.29) is 5.56 Å². The fraction of sp³-hybridized carbons (Fsp3) is 0.235. The molecule has 0 saturated carbocycles. The Balaban J connectivity index is 1.71. The van der Waals surface area contributed by atoms with Gasteiger partial charge in [0.15, 0.2) is 23.1 Å². The average molecular weight is 334 g/mol. The lowest BCUT2D eigenvalue weighted by atomic mass is 10.1. The number of carbonyl (C=O) groups excluding carboxylic acids is 1. The minimum Gasteiger partial charge on any atom is -0.486 e. The summed E-state index contributed by atoms with van der Waals surface area (Å²) < 4.78 is 38.0. The molecule has 1 aliphatic rings. The zero-order valence-corrected chi connectivity index (χ0v) is 12.9. The molecule has 1 unspecified atom stereocenters. The van der Waals surface area contributed by atoms with E-state index in [1.807, 2.05) is 0 Å². The van der Waals surface area contributed by atoms with Crippen molar-refractivity contribution >= 4 is 11.7 Å². The van der Waals surface area contributed by atoms with Gasteiger partial charge >= 0.3 is 6.03 Å². The highest BCUT2D eigenvalue weighted by Gasteiger charge is 2.19. The fourth-order valence-electron chi connectivity index (χ4n) is 2.46. The van der Waals surface area contributed by atoms with E-state index in [2.05, 4.69) is 10.6 Å². The monoisotopic (exact) mass is 334 g/mol. The molecule has 1 heterocycles. The van der Waals surface area contributed by atoms with Crippen molar-refractivity contribution in [2.75, 3.05) is 18.5 Å². The molecule has 126 valence electrons. The zero-order valence-electron chi connectivity index (χ0n) is 12.9. The van der Waals surface area contributed by atoms with Gasteiger partial charge in [-0.3, -0.25) is 0 Å². The number of rotatable bonds is 3. The number of carbonyl (C=O) groups is 1. The molecule has 2 aromatic carbocycles. The molecule has 24 heavy (non-hydrogen) atoms. The Labute approximate surface area is 137 Å². The predicted octanol–water partition coefficient (Wildman–Crippen LogP) is 3.62. The molecule has 2 amide bonds. The largest absolute Gasteiger partial charge is 0.486 e. The van der Waals surface area contributed by atoms with Crippen LogP contribution in [0.2, 0.25) is 0 Å². The first-order valence-electron chi connectivity index (χ1n) is 7.46. The quantitative estimate of drug-likeness (QED) is 0.901. The summed E-state index contributed by atoms with van der Waals surface area (Å²) in [7, 11) is 0. The van der Waals surface area contributed by atoms with Crippen LogP contribution in [0.3, 0.4) is 0 Å². The maximum Gasteiger partial charge on any atom is 0.319 e. The number of halogens is 2. The lowest BCUT2D eigenvalue weighted by molar-refractivity contribution is 0.172. The van der Waals surface area contributed by atoms with Gasteiger partial charge in [0.2, 0.25) is 0 Å². The Morgan fingerprint density at radius 1 is 1.12 bits per heavy atom. The summed E-state index contributed by atoms with van der Waals surface area (Å²) in [5.74, 6) is -0.935. The van der Waals surface area contributed by atoms with Gasteiger partial charge in [0.1, 0.15) is 13.2 Å². The summed E-state index contributed by atoms with van der Waals surface area (Å²) in [5, 5.41) is 5.20. The van der Waals surface area contributed by atoms with Gasteiger partial charge in [-0.1, -0.05) is 18.2 Å². The lowest BCUT2D eigenvalue weighted by Crippen LogP contribution is -2.32. The molecule has 1 aliphatic heterocycles. The van der Waals surface area contributed by atoms with Crippen molar-refractivity contribution in [2.24, 2.45) is 0 Å². The Kier molecular flexibility index (Phi) is 4.50. The fourth-order valence-corrected chi connectivity index (χ4v) is 2.46. The van der Waals surface area contributed by atoms with Crippen LogP contribution in [0.25, 0.3) is 0 Å². The molecule has 3 rings (SSSR count). The maximum absolute atomic E-state index is 13.8. The average Bonchev–Trinajstić information content (AvgIpc) is 2.57. The van der Waals surface area contributed by atoms with Crippen molar-refractivity contribution in [3.05, 3.63) is 53.6 Å². The Morgan fingerprint density at radius 3 is 2.71 bits per heavy atom. The number of urea groups is 1. The van der Waals surface area contributed by atoms with Crippen LogP contribution < -0.4 is 20.1 Å². The highest BCUT2D eigenvalue weighted by molar-refractivity contribution is 5.91. The number of hydrogen-bond acceptors (Lipinski definition) is 3. The van der Waals surface area contributed by atoms with Gasteiger partial charge in [-0.15, -0.1) is 0 Å². The van der Waals surface area contributed by atoms with Crippen molar-refractivity contribution in [3.63, 3.8) is 0 Å². The SMILES string of the molecule is CC(NC(=O)Nc1cccc2c1OCCO2)c1cccc(F)c1F. The third-order valence-electron chi connectivity index (χ3n) is 3.61. The minimum atomic E-state index is -0.973. The molecule has 7 heteroatoms. The van der Waals surface area contributed by atoms with Crippen molar-refractivity contribution in [1.29, 1.82) is 0 Å². The first-order chi connectivity index (χ1) is 11.6. The van der Waals surface area contributed by atoms with Crippen LogP contribution in [-0.4, -0.2) is 19.2 Å². The van der Waals surface area contributed by atoms with Gasteiger partial charge in [-0.05, 0) is 25.1 Å². The molecule has 1 atom stereocenters. The van der Waals surface area contributed by atoms with Gasteiger partial charge < -0.3 is 20.1 Å². The van der Waals surface area contributed by atoms with Gasteiger partial charge in [0.05, 0.1) is 11.7 Å². The molecule has 5 nitrogen and oxygen atoms in total. The summed E-state index contributed by atoms with van der Waals surface area (Å²) in [6, 6.07) is 7.69. The normalized spacial score (nSPS) is 14.0.